The van der Waals surface area contributed by atoms with E-state index in [2.05, 4.69) is 46.8 Å². The maximum Gasteiger partial charge on any atom is 0.272 e. The van der Waals surface area contributed by atoms with Crippen LogP contribution in [0.5, 0.6) is 0 Å². The zero-order valence-electron chi connectivity index (χ0n) is 14.1. The lowest BCUT2D eigenvalue weighted by molar-refractivity contribution is 0.0943. The van der Waals surface area contributed by atoms with Gasteiger partial charge in [-0.1, -0.05) is 44.2 Å². The Balaban J connectivity index is 0.00000208. The molecule has 3 rings (SSSR count). The van der Waals surface area contributed by atoms with Gasteiger partial charge in [0.15, 0.2) is 5.69 Å². The second-order valence-electron chi connectivity index (χ2n) is 6.43. The molecule has 1 amide bonds. The van der Waals surface area contributed by atoms with Crippen LogP contribution < -0.4 is 10.6 Å². The van der Waals surface area contributed by atoms with E-state index >= 15 is 0 Å². The van der Waals surface area contributed by atoms with Crippen LogP contribution >= 0.6 is 12.4 Å². The molecule has 1 aromatic heterocycles. The molecule has 1 aromatic carbocycles. The van der Waals surface area contributed by atoms with E-state index in [9.17, 15) is 4.79 Å². The van der Waals surface area contributed by atoms with Crippen molar-refractivity contribution in [3.8, 4) is 0 Å². The van der Waals surface area contributed by atoms with Crippen molar-refractivity contribution < 1.29 is 4.79 Å². The van der Waals surface area contributed by atoms with Gasteiger partial charge >= 0.3 is 0 Å². The lowest BCUT2D eigenvalue weighted by Gasteiger charge is -2.22. The Labute approximate surface area is 149 Å². The lowest BCUT2D eigenvalue weighted by Crippen LogP contribution is -2.32. The van der Waals surface area contributed by atoms with Crippen LogP contribution in [0.25, 0.3) is 0 Å². The van der Waals surface area contributed by atoms with E-state index < -0.39 is 0 Å². The minimum Gasteiger partial charge on any atom is -0.350 e. The highest BCUT2D eigenvalue weighted by molar-refractivity contribution is 5.94. The number of halogens is 1. The van der Waals surface area contributed by atoms with Gasteiger partial charge in [-0.3, -0.25) is 9.89 Å². The molecule has 1 atom stereocenters. The Hall–Kier alpha value is -1.85. The van der Waals surface area contributed by atoms with Crippen molar-refractivity contribution in [2.24, 2.45) is 5.92 Å². The summed E-state index contributed by atoms with van der Waals surface area (Å²) in [6.45, 7) is 6.63. The minimum absolute atomic E-state index is 0. The predicted molar refractivity (Wildman–Crippen MR) is 97.6 cm³/mol. The molecule has 1 unspecified atom stereocenters. The quantitative estimate of drug-likeness (QED) is 0.778. The average Bonchev–Trinajstić information content (AvgIpc) is 2.99. The van der Waals surface area contributed by atoms with Crippen LogP contribution in [0.15, 0.2) is 30.3 Å². The van der Waals surface area contributed by atoms with Gasteiger partial charge in [-0.2, -0.15) is 5.10 Å². The van der Waals surface area contributed by atoms with Crippen molar-refractivity contribution in [3.63, 3.8) is 0 Å². The van der Waals surface area contributed by atoms with Crippen LogP contribution in [-0.4, -0.2) is 29.2 Å². The molecular formula is C18H25ClN4O. The van der Waals surface area contributed by atoms with E-state index in [1.165, 1.54) is 5.56 Å². The van der Waals surface area contributed by atoms with E-state index in [0.717, 1.165) is 24.2 Å². The first-order valence-corrected chi connectivity index (χ1v) is 8.26. The molecule has 0 spiro atoms. The molecular weight excluding hydrogens is 324 g/mol. The Morgan fingerprint density at radius 1 is 1.29 bits per heavy atom. The number of benzene rings is 1. The molecule has 1 aliphatic rings. The fourth-order valence-corrected chi connectivity index (χ4v) is 3.14. The molecule has 6 heteroatoms. The molecule has 0 bridgehead atoms. The second kappa shape index (κ2) is 8.31. The van der Waals surface area contributed by atoms with E-state index in [4.69, 9.17) is 0 Å². The first kappa shape index (κ1) is 18.5. The maximum absolute atomic E-state index is 12.5. The van der Waals surface area contributed by atoms with Crippen LogP contribution in [-0.2, 0) is 13.0 Å². The van der Waals surface area contributed by atoms with Gasteiger partial charge in [-0.25, -0.2) is 0 Å². The third-order valence-corrected chi connectivity index (χ3v) is 4.54. The Kier molecular flexibility index (Phi) is 6.40. The van der Waals surface area contributed by atoms with Crippen LogP contribution in [0.2, 0.25) is 0 Å². The SMILES string of the molecule is CC(C)C(CNC(=O)c1n[nH]c2c1CNCC2)c1ccccc1.Cl. The summed E-state index contributed by atoms with van der Waals surface area (Å²) in [6.07, 6.45) is 0.897. The molecule has 0 saturated carbocycles. The summed E-state index contributed by atoms with van der Waals surface area (Å²) in [5.41, 5.74) is 3.88. The number of carbonyl (C=O) groups excluding carboxylic acids is 1. The fraction of sp³-hybridized carbons (Fsp3) is 0.444. The standard InChI is InChI=1S/C18H24N4O.ClH/c1-12(2)14(13-6-4-3-5-7-13)11-20-18(23)17-15-10-19-9-8-16(15)21-22-17;/h3-7,12,14,19H,8-11H2,1-2H3,(H,20,23)(H,21,22);1H. The molecule has 0 aliphatic carbocycles. The first-order valence-electron chi connectivity index (χ1n) is 8.26. The third-order valence-electron chi connectivity index (χ3n) is 4.54. The molecule has 3 N–H and O–H groups in total. The zero-order valence-corrected chi connectivity index (χ0v) is 15.0. The molecule has 24 heavy (non-hydrogen) atoms. The van der Waals surface area contributed by atoms with Crippen molar-refractivity contribution in [3.05, 3.63) is 52.8 Å². The molecule has 2 heterocycles. The van der Waals surface area contributed by atoms with Crippen LogP contribution in [0.3, 0.4) is 0 Å². The molecule has 2 aromatic rings. The first-order chi connectivity index (χ1) is 11.2. The van der Waals surface area contributed by atoms with Crippen molar-refractivity contribution in [1.29, 1.82) is 0 Å². The largest absolute Gasteiger partial charge is 0.350 e. The van der Waals surface area contributed by atoms with Crippen molar-refractivity contribution in [2.45, 2.75) is 32.7 Å². The fourth-order valence-electron chi connectivity index (χ4n) is 3.14. The highest BCUT2D eigenvalue weighted by Crippen LogP contribution is 2.23. The van der Waals surface area contributed by atoms with Gasteiger partial charge in [0, 0.05) is 43.2 Å². The Morgan fingerprint density at radius 2 is 2.04 bits per heavy atom. The van der Waals surface area contributed by atoms with Crippen LogP contribution in [0.4, 0.5) is 0 Å². The summed E-state index contributed by atoms with van der Waals surface area (Å²) in [5, 5.41) is 13.6. The summed E-state index contributed by atoms with van der Waals surface area (Å²) in [6, 6.07) is 10.3. The maximum atomic E-state index is 12.5. The third kappa shape index (κ3) is 3.97. The number of rotatable bonds is 5. The summed E-state index contributed by atoms with van der Waals surface area (Å²) < 4.78 is 0. The molecule has 5 nitrogen and oxygen atoms in total. The van der Waals surface area contributed by atoms with Gasteiger partial charge in [-0.15, -0.1) is 12.4 Å². The molecule has 1 aliphatic heterocycles. The summed E-state index contributed by atoms with van der Waals surface area (Å²) in [4.78, 5) is 12.5. The average molecular weight is 349 g/mol. The van der Waals surface area contributed by atoms with Gasteiger partial charge in [0.2, 0.25) is 0 Å². The van der Waals surface area contributed by atoms with Gasteiger partial charge in [-0.05, 0) is 11.5 Å². The van der Waals surface area contributed by atoms with Gasteiger partial charge in [0.1, 0.15) is 0 Å². The van der Waals surface area contributed by atoms with Gasteiger partial charge in [0.05, 0.1) is 0 Å². The molecule has 0 saturated heterocycles. The number of nitrogens with zero attached hydrogens (tertiary/aromatic N) is 1. The number of carbonyl (C=O) groups is 1. The zero-order chi connectivity index (χ0) is 16.2. The number of aromatic nitrogens is 2. The summed E-state index contributed by atoms with van der Waals surface area (Å²) in [7, 11) is 0. The highest BCUT2D eigenvalue weighted by atomic mass is 35.5. The molecule has 0 radical (unpaired) electrons. The number of nitrogens with one attached hydrogen (secondary N) is 3. The predicted octanol–water partition coefficient (Wildman–Crippen LogP) is 2.65. The van der Waals surface area contributed by atoms with Crippen molar-refractivity contribution >= 4 is 18.3 Å². The van der Waals surface area contributed by atoms with E-state index in [1.807, 2.05) is 18.2 Å². The summed E-state index contributed by atoms with van der Waals surface area (Å²) in [5.74, 6) is 0.660. The Bertz CT molecular complexity index is 669. The Morgan fingerprint density at radius 3 is 2.75 bits per heavy atom. The number of hydrogen-bond donors (Lipinski definition) is 3. The van der Waals surface area contributed by atoms with E-state index in [1.54, 1.807) is 0 Å². The monoisotopic (exact) mass is 348 g/mol. The van der Waals surface area contributed by atoms with E-state index in [-0.39, 0.29) is 18.3 Å². The number of amides is 1. The van der Waals surface area contributed by atoms with Crippen molar-refractivity contribution in [2.75, 3.05) is 13.1 Å². The smallest absolute Gasteiger partial charge is 0.272 e. The molecule has 130 valence electrons. The number of hydrogen-bond acceptors (Lipinski definition) is 3. The number of fused-ring (bicyclic) bond motifs is 1. The molecule has 0 fully saturated rings. The topological polar surface area (TPSA) is 69.8 Å². The summed E-state index contributed by atoms with van der Waals surface area (Å²) >= 11 is 0. The lowest BCUT2D eigenvalue weighted by atomic mass is 9.88. The van der Waals surface area contributed by atoms with Crippen LogP contribution in [0.1, 0.15) is 47.1 Å². The highest BCUT2D eigenvalue weighted by Gasteiger charge is 2.23. The van der Waals surface area contributed by atoms with Crippen LogP contribution in [0, 0.1) is 5.92 Å². The number of aromatic amines is 1. The minimum atomic E-state index is -0.0900. The van der Waals surface area contributed by atoms with E-state index in [0.29, 0.717) is 30.6 Å². The van der Waals surface area contributed by atoms with Gasteiger partial charge < -0.3 is 10.6 Å². The van der Waals surface area contributed by atoms with Gasteiger partial charge in [0.25, 0.3) is 5.91 Å². The number of H-pyrrole nitrogens is 1. The second-order valence-corrected chi connectivity index (χ2v) is 6.43. The van der Waals surface area contributed by atoms with Crippen molar-refractivity contribution in [1.82, 2.24) is 20.8 Å². The normalized spacial score (nSPS) is 14.6.